The molecule has 4 rings (SSSR count). The topological polar surface area (TPSA) is 79.6 Å². The first-order valence-electron chi connectivity index (χ1n) is 9.69. The van der Waals surface area contributed by atoms with Crippen molar-refractivity contribution in [2.24, 2.45) is 0 Å². The summed E-state index contributed by atoms with van der Waals surface area (Å²) in [6.45, 7) is 0.569. The van der Waals surface area contributed by atoms with E-state index in [1.54, 1.807) is 35.4 Å². The van der Waals surface area contributed by atoms with Crippen LogP contribution in [0.15, 0.2) is 48.7 Å². The Hall–Kier alpha value is -3.86. The maximum atomic E-state index is 14.2. The Morgan fingerprint density at radius 3 is 2.81 bits per heavy atom. The van der Waals surface area contributed by atoms with Crippen LogP contribution in [0.5, 0.6) is 0 Å². The van der Waals surface area contributed by atoms with E-state index < -0.39 is 23.5 Å². The van der Waals surface area contributed by atoms with Gasteiger partial charge in [-0.25, -0.2) is 18.2 Å². The third-order valence-electron chi connectivity index (χ3n) is 5.27. The maximum Gasteiger partial charge on any atom is 0.140 e. The van der Waals surface area contributed by atoms with Gasteiger partial charge < -0.3 is 9.88 Å². The number of amidine groups is 1. The Morgan fingerprint density at radius 1 is 1.19 bits per heavy atom. The fourth-order valence-electron chi connectivity index (χ4n) is 3.75. The van der Waals surface area contributed by atoms with Gasteiger partial charge in [0.15, 0.2) is 0 Å². The second-order valence-electron chi connectivity index (χ2n) is 7.22. The molecule has 1 unspecified atom stereocenters. The van der Waals surface area contributed by atoms with Crippen LogP contribution in [0.4, 0.5) is 13.2 Å². The largest absolute Gasteiger partial charge is 0.350 e. The first kappa shape index (κ1) is 20.4. The summed E-state index contributed by atoms with van der Waals surface area (Å²) >= 11 is 0. The molecule has 0 saturated carbocycles. The highest BCUT2D eigenvalue weighted by atomic mass is 19.1. The number of imidazole rings is 1. The normalized spacial score (nSPS) is 16.1. The average molecular weight is 421 g/mol. The number of aromatic amines is 1. The van der Waals surface area contributed by atoms with Gasteiger partial charge in [-0.3, -0.25) is 5.41 Å². The van der Waals surface area contributed by atoms with Gasteiger partial charge in [0.25, 0.3) is 0 Å². The van der Waals surface area contributed by atoms with Gasteiger partial charge in [-0.2, -0.15) is 5.26 Å². The van der Waals surface area contributed by atoms with Crippen LogP contribution in [0.2, 0.25) is 0 Å². The van der Waals surface area contributed by atoms with Crippen LogP contribution in [-0.4, -0.2) is 27.2 Å². The van der Waals surface area contributed by atoms with Crippen LogP contribution in [0.3, 0.4) is 0 Å². The summed E-state index contributed by atoms with van der Waals surface area (Å²) in [6, 6.07) is 8.98. The molecule has 1 aliphatic heterocycles. The predicted octanol–water partition coefficient (Wildman–Crippen LogP) is 5.19. The molecule has 2 heterocycles. The number of nitrogens with one attached hydrogen (secondary N) is 2. The van der Waals surface area contributed by atoms with Crippen molar-refractivity contribution in [2.45, 2.75) is 18.9 Å². The third-order valence-corrected chi connectivity index (χ3v) is 5.27. The highest BCUT2D eigenvalue weighted by molar-refractivity contribution is 5.94. The number of H-pyrrole nitrogens is 1. The minimum absolute atomic E-state index is 0.0596. The Labute approximate surface area is 177 Å². The lowest BCUT2D eigenvalue weighted by molar-refractivity contribution is 0.385. The van der Waals surface area contributed by atoms with Gasteiger partial charge in [0.1, 0.15) is 35.2 Å². The van der Waals surface area contributed by atoms with E-state index in [-0.39, 0.29) is 17.0 Å². The summed E-state index contributed by atoms with van der Waals surface area (Å²) in [5.74, 6) is -0.947. The zero-order valence-electron chi connectivity index (χ0n) is 16.4. The SMILES string of the molecule is N#Cc1cc(-c2cnc(/C=C\C(=N)N3CCCC3c3cc(F)ccc3F)[nH]2)ccc1F. The third kappa shape index (κ3) is 4.21. The molecule has 0 amide bonds. The maximum absolute atomic E-state index is 14.2. The van der Waals surface area contributed by atoms with Crippen molar-refractivity contribution in [3.05, 3.63) is 83.1 Å². The van der Waals surface area contributed by atoms with E-state index in [0.29, 0.717) is 30.0 Å². The highest BCUT2D eigenvalue weighted by Crippen LogP contribution is 2.34. The number of nitrogens with zero attached hydrogens (tertiary/aromatic N) is 3. The number of nitriles is 1. The quantitative estimate of drug-likeness (QED) is 0.449. The zero-order valence-corrected chi connectivity index (χ0v) is 16.4. The molecule has 2 N–H and O–H groups in total. The number of aromatic nitrogens is 2. The molecule has 1 aromatic heterocycles. The number of rotatable bonds is 4. The molecule has 31 heavy (non-hydrogen) atoms. The van der Waals surface area contributed by atoms with Crippen molar-refractivity contribution < 1.29 is 13.2 Å². The van der Waals surface area contributed by atoms with Gasteiger partial charge >= 0.3 is 0 Å². The number of hydrogen-bond acceptors (Lipinski definition) is 3. The Kier molecular flexibility index (Phi) is 5.58. The van der Waals surface area contributed by atoms with Crippen molar-refractivity contribution in [2.75, 3.05) is 6.54 Å². The summed E-state index contributed by atoms with van der Waals surface area (Å²) in [4.78, 5) is 9.01. The van der Waals surface area contributed by atoms with Gasteiger partial charge in [-0.15, -0.1) is 0 Å². The number of likely N-dealkylation sites (tertiary alicyclic amines) is 1. The summed E-state index contributed by atoms with van der Waals surface area (Å²) < 4.78 is 41.3. The molecule has 5 nitrogen and oxygen atoms in total. The van der Waals surface area contributed by atoms with E-state index in [1.807, 2.05) is 0 Å². The van der Waals surface area contributed by atoms with Crippen molar-refractivity contribution in [1.29, 1.82) is 10.7 Å². The van der Waals surface area contributed by atoms with Gasteiger partial charge in [-0.1, -0.05) is 0 Å². The van der Waals surface area contributed by atoms with Crippen LogP contribution in [0.1, 0.15) is 35.8 Å². The molecule has 1 atom stereocenters. The van der Waals surface area contributed by atoms with Gasteiger partial charge in [-0.05, 0) is 61.4 Å². The molecule has 0 aliphatic carbocycles. The summed E-state index contributed by atoms with van der Waals surface area (Å²) in [7, 11) is 0. The van der Waals surface area contributed by atoms with E-state index in [0.717, 1.165) is 18.6 Å². The van der Waals surface area contributed by atoms with E-state index in [1.165, 1.54) is 18.2 Å². The number of benzene rings is 2. The van der Waals surface area contributed by atoms with Crippen molar-refractivity contribution in [1.82, 2.24) is 14.9 Å². The standard InChI is InChI=1S/C23H18F3N5/c24-16-4-6-19(26)17(11-16)21-2-1-9-31(21)22(28)7-8-23-29-13-20(30-23)14-3-5-18(25)15(10-14)12-27/h3-8,10-11,13,21,28H,1-2,9H2,(H,29,30)/b8-7-,28-22?. The molecular formula is C23H18F3N5. The number of hydrogen-bond donors (Lipinski definition) is 2. The fraction of sp³-hybridized carbons (Fsp3) is 0.174. The summed E-state index contributed by atoms with van der Waals surface area (Å²) in [6.07, 6.45) is 6.11. The van der Waals surface area contributed by atoms with Crippen molar-refractivity contribution in [3.8, 4) is 17.3 Å². The number of halogens is 3. The van der Waals surface area contributed by atoms with Crippen LogP contribution < -0.4 is 0 Å². The fourth-order valence-corrected chi connectivity index (χ4v) is 3.75. The van der Waals surface area contributed by atoms with Gasteiger partial charge in [0.2, 0.25) is 0 Å². The predicted molar refractivity (Wildman–Crippen MR) is 110 cm³/mol. The molecule has 3 aromatic rings. The van der Waals surface area contributed by atoms with Crippen molar-refractivity contribution >= 4 is 11.9 Å². The van der Waals surface area contributed by atoms with Crippen molar-refractivity contribution in [3.63, 3.8) is 0 Å². The molecule has 1 saturated heterocycles. The molecule has 8 heteroatoms. The molecule has 0 radical (unpaired) electrons. The highest BCUT2D eigenvalue weighted by Gasteiger charge is 2.29. The molecule has 1 aliphatic rings. The van der Waals surface area contributed by atoms with Gasteiger partial charge in [0.05, 0.1) is 23.5 Å². The van der Waals surface area contributed by atoms with E-state index in [2.05, 4.69) is 9.97 Å². The van der Waals surface area contributed by atoms with E-state index in [4.69, 9.17) is 10.7 Å². The summed E-state index contributed by atoms with van der Waals surface area (Å²) in [5.41, 5.74) is 1.40. The summed E-state index contributed by atoms with van der Waals surface area (Å²) in [5, 5.41) is 17.4. The lowest BCUT2D eigenvalue weighted by Gasteiger charge is -2.26. The van der Waals surface area contributed by atoms with E-state index in [9.17, 15) is 13.2 Å². The Morgan fingerprint density at radius 2 is 2.00 bits per heavy atom. The van der Waals surface area contributed by atoms with E-state index >= 15 is 0 Å². The Balaban J connectivity index is 1.51. The first-order chi connectivity index (χ1) is 15.0. The lowest BCUT2D eigenvalue weighted by Crippen LogP contribution is -2.29. The monoisotopic (exact) mass is 421 g/mol. The van der Waals surface area contributed by atoms with Gasteiger partial charge in [0, 0.05) is 17.7 Å². The Bertz CT molecular complexity index is 1210. The average Bonchev–Trinajstić information content (AvgIpc) is 3.44. The van der Waals surface area contributed by atoms with Crippen LogP contribution in [0.25, 0.3) is 17.3 Å². The lowest BCUT2D eigenvalue weighted by atomic mass is 10.0. The molecule has 0 spiro atoms. The van der Waals surface area contributed by atoms with Crippen LogP contribution in [-0.2, 0) is 0 Å². The molecular weight excluding hydrogens is 403 g/mol. The molecule has 0 bridgehead atoms. The first-order valence-corrected chi connectivity index (χ1v) is 9.69. The minimum atomic E-state index is -0.589. The van der Waals surface area contributed by atoms with Crippen LogP contribution in [0, 0.1) is 34.2 Å². The molecule has 1 fully saturated rings. The molecule has 2 aromatic carbocycles. The van der Waals surface area contributed by atoms with Crippen LogP contribution >= 0.6 is 0 Å². The smallest absolute Gasteiger partial charge is 0.140 e. The minimum Gasteiger partial charge on any atom is -0.350 e. The second-order valence-corrected chi connectivity index (χ2v) is 7.22. The second kappa shape index (κ2) is 8.48. The zero-order chi connectivity index (χ0) is 22.0. The molecule has 156 valence electrons.